The molecule has 0 atom stereocenters. The zero-order chi connectivity index (χ0) is 8.53. The molecule has 0 heterocycles. The molecule has 0 aliphatic rings. The summed E-state index contributed by atoms with van der Waals surface area (Å²) in [5.41, 5.74) is 0. The van der Waals surface area contributed by atoms with Crippen molar-refractivity contribution in [1.82, 2.24) is 0 Å². The van der Waals surface area contributed by atoms with Gasteiger partial charge in [-0.1, -0.05) is 39.0 Å². The molecule has 0 aromatic heterocycles. The van der Waals surface area contributed by atoms with Gasteiger partial charge in [0.1, 0.15) is 0 Å². The molecule has 0 rings (SSSR count). The molecule has 0 unspecified atom stereocenters. The first-order valence-electron chi connectivity index (χ1n) is 4.45. The number of rotatable bonds is 7. The Labute approximate surface area is 83.1 Å². The number of carbonyl (C=O) groups is 1. The molecule has 66 valence electrons. The summed E-state index contributed by atoms with van der Waals surface area (Å²) in [4.78, 5) is 10.5. The molecular formula is C9H17IO. The number of carbonyl (C=O) groups excluding carboxylic acids is 1. The van der Waals surface area contributed by atoms with E-state index in [9.17, 15) is 4.79 Å². The van der Waals surface area contributed by atoms with Crippen LogP contribution in [-0.2, 0) is 4.79 Å². The van der Waals surface area contributed by atoms with Gasteiger partial charge in [0.15, 0.2) is 3.79 Å². The fraction of sp³-hybridized carbons (Fsp3) is 0.889. The van der Waals surface area contributed by atoms with Crippen molar-refractivity contribution in [3.8, 4) is 0 Å². The Kier molecular flexibility index (Phi) is 8.81. The summed E-state index contributed by atoms with van der Waals surface area (Å²) >= 11 is 1.87. The van der Waals surface area contributed by atoms with E-state index in [0.29, 0.717) is 3.79 Å². The van der Waals surface area contributed by atoms with Crippen LogP contribution in [0.3, 0.4) is 0 Å². The largest absolute Gasteiger partial charge is 0.288 e. The van der Waals surface area contributed by atoms with E-state index in [2.05, 4.69) is 6.92 Å². The summed E-state index contributed by atoms with van der Waals surface area (Å²) in [7, 11) is 0. The molecule has 0 aromatic rings. The zero-order valence-electron chi connectivity index (χ0n) is 7.24. The van der Waals surface area contributed by atoms with Crippen LogP contribution in [0.5, 0.6) is 0 Å². The van der Waals surface area contributed by atoms with Gasteiger partial charge >= 0.3 is 0 Å². The molecule has 0 aromatic carbocycles. The molecule has 0 fully saturated rings. The lowest BCUT2D eigenvalue weighted by atomic mass is 10.1. The van der Waals surface area contributed by atoms with E-state index in [1.165, 1.54) is 32.1 Å². The van der Waals surface area contributed by atoms with E-state index in [0.717, 1.165) is 12.8 Å². The van der Waals surface area contributed by atoms with Gasteiger partial charge in [-0.05, 0) is 29.0 Å². The Balaban J connectivity index is 2.85. The minimum Gasteiger partial charge on any atom is -0.288 e. The van der Waals surface area contributed by atoms with Gasteiger partial charge in [0, 0.05) is 6.42 Å². The van der Waals surface area contributed by atoms with Gasteiger partial charge in [-0.15, -0.1) is 0 Å². The summed E-state index contributed by atoms with van der Waals surface area (Å²) in [5, 5.41) is 0. The first kappa shape index (κ1) is 11.4. The van der Waals surface area contributed by atoms with E-state index in [1.54, 1.807) is 0 Å². The quantitative estimate of drug-likeness (QED) is 0.391. The van der Waals surface area contributed by atoms with E-state index >= 15 is 0 Å². The Morgan fingerprint density at radius 2 is 1.64 bits per heavy atom. The molecular weight excluding hydrogens is 251 g/mol. The van der Waals surface area contributed by atoms with E-state index in [-0.39, 0.29) is 0 Å². The molecule has 1 nitrogen and oxygen atoms in total. The molecule has 0 bridgehead atoms. The average Bonchev–Trinajstić information content (AvgIpc) is 1.96. The summed E-state index contributed by atoms with van der Waals surface area (Å²) in [5.74, 6) is 0. The number of unbranched alkanes of at least 4 members (excludes halogenated alkanes) is 5. The van der Waals surface area contributed by atoms with Gasteiger partial charge in [0.25, 0.3) is 0 Å². The van der Waals surface area contributed by atoms with E-state index in [4.69, 9.17) is 0 Å². The molecule has 0 spiro atoms. The molecule has 0 N–H and O–H groups in total. The minimum absolute atomic E-state index is 0.304. The highest BCUT2D eigenvalue weighted by atomic mass is 127. The maximum atomic E-state index is 10.5. The molecule has 0 saturated carbocycles. The summed E-state index contributed by atoms with van der Waals surface area (Å²) in [6.07, 6.45) is 8.38. The first-order chi connectivity index (χ1) is 5.27. The minimum atomic E-state index is 0.304. The third-order valence-electron chi connectivity index (χ3n) is 1.73. The second kappa shape index (κ2) is 8.50. The van der Waals surface area contributed by atoms with Crippen LogP contribution < -0.4 is 0 Å². The Morgan fingerprint density at radius 3 is 2.18 bits per heavy atom. The van der Waals surface area contributed by atoms with Crippen LogP contribution in [0.2, 0.25) is 0 Å². The lowest BCUT2D eigenvalue weighted by Gasteiger charge is -1.97. The maximum Gasteiger partial charge on any atom is 0.192 e. The lowest BCUT2D eigenvalue weighted by molar-refractivity contribution is -0.109. The number of halogens is 1. The fourth-order valence-corrected chi connectivity index (χ4v) is 1.43. The van der Waals surface area contributed by atoms with Gasteiger partial charge in [0.05, 0.1) is 0 Å². The van der Waals surface area contributed by atoms with Crippen LogP contribution in [-0.4, -0.2) is 3.79 Å². The van der Waals surface area contributed by atoms with Crippen LogP contribution in [0.15, 0.2) is 0 Å². The van der Waals surface area contributed by atoms with Crippen molar-refractivity contribution in [3.63, 3.8) is 0 Å². The highest BCUT2D eigenvalue weighted by Gasteiger charge is 1.94. The van der Waals surface area contributed by atoms with Crippen LogP contribution in [0.1, 0.15) is 51.9 Å². The van der Waals surface area contributed by atoms with Gasteiger partial charge in [0.2, 0.25) is 0 Å². The Hall–Kier alpha value is 0.400. The van der Waals surface area contributed by atoms with Crippen molar-refractivity contribution >= 4 is 26.4 Å². The van der Waals surface area contributed by atoms with Gasteiger partial charge in [-0.25, -0.2) is 0 Å². The van der Waals surface area contributed by atoms with E-state index in [1.807, 2.05) is 22.6 Å². The molecule has 2 heteroatoms. The topological polar surface area (TPSA) is 17.1 Å². The van der Waals surface area contributed by atoms with Gasteiger partial charge in [-0.2, -0.15) is 0 Å². The van der Waals surface area contributed by atoms with Crippen LogP contribution in [0.25, 0.3) is 0 Å². The summed E-state index contributed by atoms with van der Waals surface area (Å²) in [6, 6.07) is 0. The summed E-state index contributed by atoms with van der Waals surface area (Å²) in [6.45, 7) is 2.22. The summed E-state index contributed by atoms with van der Waals surface area (Å²) < 4.78 is 0.304. The number of hydrogen-bond donors (Lipinski definition) is 0. The van der Waals surface area contributed by atoms with Gasteiger partial charge in [-0.3, -0.25) is 4.79 Å². The predicted octanol–water partition coefficient (Wildman–Crippen LogP) is 3.70. The molecule has 0 aliphatic carbocycles. The third-order valence-corrected chi connectivity index (χ3v) is 2.27. The average molecular weight is 268 g/mol. The maximum absolute atomic E-state index is 10.5. The molecule has 0 aliphatic heterocycles. The van der Waals surface area contributed by atoms with Crippen molar-refractivity contribution < 1.29 is 4.79 Å². The lowest BCUT2D eigenvalue weighted by Crippen LogP contribution is -1.85. The zero-order valence-corrected chi connectivity index (χ0v) is 9.39. The SMILES string of the molecule is CCCCCCCCC(=O)I. The second-order valence-electron chi connectivity index (χ2n) is 2.87. The Morgan fingerprint density at radius 1 is 1.09 bits per heavy atom. The third kappa shape index (κ3) is 10.4. The van der Waals surface area contributed by atoms with E-state index < -0.39 is 0 Å². The highest BCUT2D eigenvalue weighted by Crippen LogP contribution is 2.08. The van der Waals surface area contributed by atoms with Crippen LogP contribution >= 0.6 is 22.6 Å². The smallest absolute Gasteiger partial charge is 0.192 e. The molecule has 0 amide bonds. The monoisotopic (exact) mass is 268 g/mol. The van der Waals surface area contributed by atoms with Crippen molar-refractivity contribution in [2.75, 3.05) is 0 Å². The first-order valence-corrected chi connectivity index (χ1v) is 5.53. The number of hydrogen-bond acceptors (Lipinski definition) is 1. The second-order valence-corrected chi connectivity index (χ2v) is 4.08. The predicted molar refractivity (Wildman–Crippen MR) is 57.0 cm³/mol. The van der Waals surface area contributed by atoms with Crippen molar-refractivity contribution in [1.29, 1.82) is 0 Å². The van der Waals surface area contributed by atoms with Gasteiger partial charge < -0.3 is 0 Å². The van der Waals surface area contributed by atoms with Crippen molar-refractivity contribution in [2.24, 2.45) is 0 Å². The standard InChI is InChI=1S/C9H17IO/c1-2-3-4-5-6-7-8-9(10)11/h2-8H2,1H3. The highest BCUT2D eigenvalue weighted by molar-refractivity contribution is 14.1. The fourth-order valence-electron chi connectivity index (χ4n) is 1.04. The van der Waals surface area contributed by atoms with Crippen molar-refractivity contribution in [2.45, 2.75) is 51.9 Å². The molecule has 0 radical (unpaired) electrons. The normalized spacial score (nSPS) is 10.0. The van der Waals surface area contributed by atoms with Crippen LogP contribution in [0.4, 0.5) is 0 Å². The molecule has 11 heavy (non-hydrogen) atoms. The molecule has 0 saturated heterocycles. The van der Waals surface area contributed by atoms with Crippen molar-refractivity contribution in [3.05, 3.63) is 0 Å². The van der Waals surface area contributed by atoms with Crippen LogP contribution in [0, 0.1) is 0 Å². The Bertz CT molecular complexity index is 102.